The number of amides is 2. The van der Waals surface area contributed by atoms with Gasteiger partial charge in [-0.2, -0.15) is 4.72 Å². The van der Waals surface area contributed by atoms with E-state index < -0.39 is 27.8 Å². The summed E-state index contributed by atoms with van der Waals surface area (Å²) in [5.41, 5.74) is 0.306. The van der Waals surface area contributed by atoms with Crippen LogP contribution >= 0.6 is 22.9 Å². The summed E-state index contributed by atoms with van der Waals surface area (Å²) in [7, 11) is -3.89. The lowest BCUT2D eigenvalue weighted by molar-refractivity contribution is -0.119. The summed E-state index contributed by atoms with van der Waals surface area (Å²) in [5.74, 6) is -1.75. The molecule has 1 aliphatic rings. The van der Waals surface area contributed by atoms with Crippen LogP contribution in [0.15, 0.2) is 35.7 Å². The number of sulfonamides is 1. The second-order valence-electron chi connectivity index (χ2n) is 7.25. The van der Waals surface area contributed by atoms with Crippen LogP contribution in [0.3, 0.4) is 0 Å². The van der Waals surface area contributed by atoms with Gasteiger partial charge in [0.05, 0.1) is 10.0 Å². The van der Waals surface area contributed by atoms with Crippen molar-refractivity contribution in [2.75, 3.05) is 16.8 Å². The molecule has 1 aromatic heterocycles. The third-order valence-corrected chi connectivity index (χ3v) is 6.85. The Morgan fingerprint density at radius 1 is 1.32 bits per heavy atom. The SMILES string of the molecule is CC(C)C(=O)Nc1ccc(N2CC[C@H](NS(=O)(=O)C=Cc3ccc(Cl)s3)C2=O)c(F)c1. The molecule has 11 heteroatoms. The first-order valence-electron chi connectivity index (χ1n) is 9.43. The summed E-state index contributed by atoms with van der Waals surface area (Å²) in [5, 5.41) is 3.56. The lowest BCUT2D eigenvalue weighted by Gasteiger charge is -2.18. The Morgan fingerprint density at radius 3 is 2.68 bits per heavy atom. The van der Waals surface area contributed by atoms with Crippen LogP contribution in [0.25, 0.3) is 6.08 Å². The van der Waals surface area contributed by atoms with E-state index in [1.807, 2.05) is 0 Å². The summed E-state index contributed by atoms with van der Waals surface area (Å²) in [6.45, 7) is 3.59. The average Bonchev–Trinajstić information content (AvgIpc) is 3.26. The van der Waals surface area contributed by atoms with E-state index in [9.17, 15) is 22.4 Å². The van der Waals surface area contributed by atoms with E-state index >= 15 is 0 Å². The number of nitrogens with zero attached hydrogens (tertiary/aromatic N) is 1. The van der Waals surface area contributed by atoms with Crippen LogP contribution < -0.4 is 14.9 Å². The first-order chi connectivity index (χ1) is 14.6. The van der Waals surface area contributed by atoms with Gasteiger partial charge in [0, 0.05) is 28.4 Å². The molecule has 1 fully saturated rings. The van der Waals surface area contributed by atoms with E-state index in [0.29, 0.717) is 9.21 Å². The number of halogens is 2. The lowest BCUT2D eigenvalue weighted by atomic mass is 10.2. The van der Waals surface area contributed by atoms with E-state index in [1.165, 1.54) is 34.4 Å². The molecule has 1 aliphatic heterocycles. The molecule has 2 N–H and O–H groups in total. The van der Waals surface area contributed by atoms with Crippen LogP contribution in [0.1, 0.15) is 25.1 Å². The van der Waals surface area contributed by atoms with Gasteiger partial charge in [-0.05, 0) is 42.8 Å². The minimum atomic E-state index is -3.89. The molecular weight excluding hydrogens is 465 g/mol. The summed E-state index contributed by atoms with van der Waals surface area (Å²) in [6.07, 6.45) is 1.59. The molecule has 0 bridgehead atoms. The van der Waals surface area contributed by atoms with Crippen molar-refractivity contribution in [3.63, 3.8) is 0 Å². The molecule has 2 heterocycles. The van der Waals surface area contributed by atoms with Crippen molar-refractivity contribution in [2.45, 2.75) is 26.3 Å². The lowest BCUT2D eigenvalue weighted by Crippen LogP contribution is -2.40. The molecule has 7 nitrogen and oxygen atoms in total. The summed E-state index contributed by atoms with van der Waals surface area (Å²) in [4.78, 5) is 26.3. The second-order valence-corrected chi connectivity index (χ2v) is 10.6. The van der Waals surface area contributed by atoms with Gasteiger partial charge in [0.25, 0.3) is 0 Å². The van der Waals surface area contributed by atoms with E-state index in [4.69, 9.17) is 11.6 Å². The van der Waals surface area contributed by atoms with Gasteiger partial charge >= 0.3 is 0 Å². The van der Waals surface area contributed by atoms with Gasteiger partial charge in [-0.3, -0.25) is 9.59 Å². The molecule has 1 atom stereocenters. The first-order valence-corrected chi connectivity index (χ1v) is 12.2. The van der Waals surface area contributed by atoms with E-state index in [1.54, 1.807) is 26.0 Å². The number of carbonyl (C=O) groups is 2. The molecule has 31 heavy (non-hydrogen) atoms. The summed E-state index contributed by atoms with van der Waals surface area (Å²) >= 11 is 7.04. The molecule has 0 radical (unpaired) electrons. The Hall–Kier alpha value is -2.27. The topological polar surface area (TPSA) is 95.6 Å². The molecule has 1 saturated heterocycles. The monoisotopic (exact) mass is 485 g/mol. The van der Waals surface area contributed by atoms with Crippen LogP contribution in [-0.4, -0.2) is 32.8 Å². The van der Waals surface area contributed by atoms with Gasteiger partial charge in [0.1, 0.15) is 11.9 Å². The predicted molar refractivity (Wildman–Crippen MR) is 121 cm³/mol. The van der Waals surface area contributed by atoms with Gasteiger partial charge in [-0.1, -0.05) is 25.4 Å². The maximum absolute atomic E-state index is 14.6. The largest absolute Gasteiger partial charge is 0.326 e. The average molecular weight is 486 g/mol. The van der Waals surface area contributed by atoms with Crippen LogP contribution in [0.2, 0.25) is 4.34 Å². The molecule has 0 unspecified atom stereocenters. The third-order valence-electron chi connectivity index (χ3n) is 4.55. The molecule has 0 aliphatic carbocycles. The third kappa shape index (κ3) is 5.91. The van der Waals surface area contributed by atoms with Crippen molar-refractivity contribution in [3.8, 4) is 0 Å². The maximum Gasteiger partial charge on any atom is 0.245 e. The van der Waals surface area contributed by atoms with E-state index in [2.05, 4.69) is 10.0 Å². The van der Waals surface area contributed by atoms with Crippen molar-refractivity contribution >= 4 is 62.2 Å². The summed E-state index contributed by atoms with van der Waals surface area (Å²) in [6, 6.07) is 6.35. The van der Waals surface area contributed by atoms with Gasteiger partial charge in [-0.25, -0.2) is 12.8 Å². The highest BCUT2D eigenvalue weighted by Crippen LogP contribution is 2.28. The molecule has 0 saturated carbocycles. The Morgan fingerprint density at radius 2 is 2.06 bits per heavy atom. The Labute approximate surface area is 188 Å². The zero-order valence-corrected chi connectivity index (χ0v) is 19.2. The fourth-order valence-corrected chi connectivity index (χ4v) is 5.00. The number of hydrogen-bond acceptors (Lipinski definition) is 5. The van der Waals surface area contributed by atoms with E-state index in [-0.39, 0.29) is 36.2 Å². The van der Waals surface area contributed by atoms with Crippen molar-refractivity contribution in [1.29, 1.82) is 0 Å². The Bertz CT molecular complexity index is 1130. The molecule has 3 rings (SSSR count). The number of anilines is 2. The van der Waals surface area contributed by atoms with Crippen molar-refractivity contribution < 1.29 is 22.4 Å². The highest BCUT2D eigenvalue weighted by molar-refractivity contribution is 7.92. The molecule has 1 aromatic carbocycles. The van der Waals surface area contributed by atoms with Crippen LogP contribution in [0.5, 0.6) is 0 Å². The highest BCUT2D eigenvalue weighted by Gasteiger charge is 2.35. The number of thiophene rings is 1. The number of carbonyl (C=O) groups excluding carboxylic acids is 2. The molecule has 2 amide bonds. The normalized spacial score (nSPS) is 17.1. The number of nitrogens with one attached hydrogen (secondary N) is 2. The quantitative estimate of drug-likeness (QED) is 0.623. The second kappa shape index (κ2) is 9.47. The minimum absolute atomic E-state index is 0.0259. The summed E-state index contributed by atoms with van der Waals surface area (Å²) < 4.78 is 42.1. The fraction of sp³-hybridized carbons (Fsp3) is 0.300. The number of rotatable bonds is 7. The molecular formula is C20H21ClFN3O4S2. The number of benzene rings is 1. The van der Waals surface area contributed by atoms with E-state index in [0.717, 1.165) is 11.5 Å². The standard InChI is InChI=1S/C20H21ClFN3O4S2/c1-12(2)19(26)23-13-3-5-17(15(22)11-13)25-9-7-16(20(25)27)24-31(28,29)10-8-14-4-6-18(21)30-14/h3-6,8,10-12,16,24H,7,9H2,1-2H3,(H,23,26)/t16-/m0/s1. The Balaban J connectivity index is 1.68. The minimum Gasteiger partial charge on any atom is -0.326 e. The predicted octanol–water partition coefficient (Wildman–Crippen LogP) is 3.83. The van der Waals surface area contributed by atoms with Crippen LogP contribution in [-0.2, 0) is 19.6 Å². The fourth-order valence-electron chi connectivity index (χ4n) is 2.93. The van der Waals surface area contributed by atoms with Gasteiger partial charge < -0.3 is 10.2 Å². The van der Waals surface area contributed by atoms with Crippen molar-refractivity contribution in [3.05, 3.63) is 50.8 Å². The smallest absolute Gasteiger partial charge is 0.245 e. The molecule has 0 spiro atoms. The Kier molecular flexibility index (Phi) is 7.15. The zero-order valence-electron chi connectivity index (χ0n) is 16.8. The van der Waals surface area contributed by atoms with Gasteiger partial charge in [-0.15, -0.1) is 11.3 Å². The first kappa shape index (κ1) is 23.4. The molecule has 166 valence electrons. The van der Waals surface area contributed by atoms with Crippen molar-refractivity contribution in [1.82, 2.24) is 4.72 Å². The highest BCUT2D eigenvalue weighted by atomic mass is 35.5. The van der Waals surface area contributed by atoms with Gasteiger partial charge in [0.15, 0.2) is 0 Å². The van der Waals surface area contributed by atoms with Gasteiger partial charge in [0.2, 0.25) is 21.8 Å². The zero-order chi connectivity index (χ0) is 22.8. The van der Waals surface area contributed by atoms with Crippen LogP contribution in [0.4, 0.5) is 15.8 Å². The number of hydrogen-bond donors (Lipinski definition) is 2. The van der Waals surface area contributed by atoms with Crippen molar-refractivity contribution in [2.24, 2.45) is 5.92 Å². The van der Waals surface area contributed by atoms with Crippen LogP contribution in [0, 0.1) is 11.7 Å². The molecule has 2 aromatic rings. The maximum atomic E-state index is 14.6.